The molecule has 5 nitrogen and oxygen atoms in total. The number of rotatable bonds is 6. The van der Waals surface area contributed by atoms with E-state index in [2.05, 4.69) is 5.32 Å². The molecule has 0 atom stereocenters. The number of nitrogens with zero attached hydrogens (tertiary/aromatic N) is 2. The first-order chi connectivity index (χ1) is 7.38. The van der Waals surface area contributed by atoms with Gasteiger partial charge in [-0.1, -0.05) is 13.8 Å². The summed E-state index contributed by atoms with van der Waals surface area (Å²) in [5.41, 5.74) is 0. The van der Waals surface area contributed by atoms with Crippen molar-refractivity contribution in [3.8, 4) is 0 Å². The van der Waals surface area contributed by atoms with Gasteiger partial charge in [-0.05, 0) is 6.92 Å². The minimum atomic E-state index is -0.0634. The molecule has 0 aliphatic heterocycles. The molecule has 0 rings (SSSR count). The first kappa shape index (κ1) is 14.9. The molecular weight excluding hydrogens is 206 g/mol. The Bertz CT molecular complexity index is 241. The number of carbonyl (C=O) groups is 2. The summed E-state index contributed by atoms with van der Waals surface area (Å²) in [6, 6.07) is 0.270. The summed E-state index contributed by atoms with van der Waals surface area (Å²) in [5, 5.41) is 3.03. The van der Waals surface area contributed by atoms with Gasteiger partial charge in [0.15, 0.2) is 0 Å². The van der Waals surface area contributed by atoms with Gasteiger partial charge in [0.2, 0.25) is 11.8 Å². The highest BCUT2D eigenvalue weighted by Crippen LogP contribution is 1.90. The molecule has 1 N–H and O–H groups in total. The second-order valence-electron chi connectivity index (χ2n) is 4.19. The Balaban J connectivity index is 4.00. The van der Waals surface area contributed by atoms with Crippen molar-refractivity contribution in [2.75, 3.05) is 33.7 Å². The van der Waals surface area contributed by atoms with E-state index in [1.54, 1.807) is 19.0 Å². The number of hydrogen-bond acceptors (Lipinski definition) is 3. The van der Waals surface area contributed by atoms with E-state index >= 15 is 0 Å². The summed E-state index contributed by atoms with van der Waals surface area (Å²) < 4.78 is 0. The van der Waals surface area contributed by atoms with Crippen LogP contribution in [0.2, 0.25) is 0 Å². The maximum absolute atomic E-state index is 11.6. The zero-order valence-electron chi connectivity index (χ0n) is 10.9. The minimum Gasteiger partial charge on any atom is -0.345 e. The van der Waals surface area contributed by atoms with Crippen LogP contribution < -0.4 is 5.32 Å². The number of hydrogen-bond donors (Lipinski definition) is 1. The first-order valence-corrected chi connectivity index (χ1v) is 5.59. The van der Waals surface area contributed by atoms with E-state index < -0.39 is 0 Å². The molecule has 0 heterocycles. The van der Waals surface area contributed by atoms with Gasteiger partial charge in [-0.15, -0.1) is 0 Å². The van der Waals surface area contributed by atoms with Crippen LogP contribution >= 0.6 is 0 Å². The Morgan fingerprint density at radius 2 is 1.69 bits per heavy atom. The summed E-state index contributed by atoms with van der Waals surface area (Å²) in [6.07, 6.45) is 0. The van der Waals surface area contributed by atoms with Gasteiger partial charge >= 0.3 is 0 Å². The van der Waals surface area contributed by atoms with Gasteiger partial charge in [0, 0.05) is 26.7 Å². The van der Waals surface area contributed by atoms with Crippen molar-refractivity contribution in [2.45, 2.75) is 26.8 Å². The molecule has 2 amide bonds. The van der Waals surface area contributed by atoms with Crippen molar-refractivity contribution in [3.63, 3.8) is 0 Å². The summed E-state index contributed by atoms with van der Waals surface area (Å²) in [5.74, 6) is -0.102. The summed E-state index contributed by atoms with van der Waals surface area (Å²) in [6.45, 7) is 6.93. The fraction of sp³-hybridized carbons (Fsp3) is 0.818. The molecule has 0 aromatic heterocycles. The van der Waals surface area contributed by atoms with Gasteiger partial charge in [-0.3, -0.25) is 9.59 Å². The lowest BCUT2D eigenvalue weighted by Crippen LogP contribution is -2.43. The first-order valence-electron chi connectivity index (χ1n) is 5.59. The molecule has 5 heteroatoms. The van der Waals surface area contributed by atoms with Crippen molar-refractivity contribution in [1.29, 1.82) is 0 Å². The quantitative estimate of drug-likeness (QED) is 0.693. The monoisotopic (exact) mass is 229 g/mol. The van der Waals surface area contributed by atoms with E-state index in [1.807, 2.05) is 20.8 Å². The van der Waals surface area contributed by atoms with E-state index in [0.717, 1.165) is 0 Å². The number of carbonyl (C=O) groups excluding carboxylic acids is 2. The highest BCUT2D eigenvalue weighted by atomic mass is 16.2. The van der Waals surface area contributed by atoms with Crippen molar-refractivity contribution >= 4 is 11.8 Å². The molecule has 0 bridgehead atoms. The van der Waals surface area contributed by atoms with Crippen LogP contribution in [0.5, 0.6) is 0 Å². The highest BCUT2D eigenvalue weighted by molar-refractivity contribution is 5.85. The average Bonchev–Trinajstić information content (AvgIpc) is 2.24. The van der Waals surface area contributed by atoms with E-state index in [-0.39, 0.29) is 30.9 Å². The lowest BCUT2D eigenvalue weighted by molar-refractivity contribution is -0.138. The van der Waals surface area contributed by atoms with Crippen molar-refractivity contribution in [1.82, 2.24) is 15.1 Å². The molecule has 0 aromatic rings. The van der Waals surface area contributed by atoms with E-state index in [1.165, 1.54) is 4.90 Å². The highest BCUT2D eigenvalue weighted by Gasteiger charge is 2.14. The van der Waals surface area contributed by atoms with Gasteiger partial charge in [-0.25, -0.2) is 0 Å². The molecule has 0 spiro atoms. The topological polar surface area (TPSA) is 52.7 Å². The largest absolute Gasteiger partial charge is 0.345 e. The zero-order chi connectivity index (χ0) is 12.7. The van der Waals surface area contributed by atoms with E-state index in [9.17, 15) is 9.59 Å². The molecule has 0 aliphatic rings. The van der Waals surface area contributed by atoms with Gasteiger partial charge in [-0.2, -0.15) is 0 Å². The third-order valence-corrected chi connectivity index (χ3v) is 2.36. The van der Waals surface area contributed by atoms with E-state index in [4.69, 9.17) is 0 Å². The van der Waals surface area contributed by atoms with Crippen LogP contribution in [0, 0.1) is 0 Å². The molecule has 0 radical (unpaired) electrons. The van der Waals surface area contributed by atoms with Crippen molar-refractivity contribution in [2.24, 2.45) is 0 Å². The summed E-state index contributed by atoms with van der Waals surface area (Å²) in [7, 11) is 3.37. The third-order valence-electron chi connectivity index (χ3n) is 2.36. The molecule has 94 valence electrons. The third kappa shape index (κ3) is 5.70. The Morgan fingerprint density at radius 3 is 2.12 bits per heavy atom. The predicted octanol–water partition coefficient (Wildman–Crippen LogP) is -0.0789. The SMILES string of the molecule is CCN(C)C(=O)CN(C)C(=O)CNC(C)C. The Morgan fingerprint density at radius 1 is 1.12 bits per heavy atom. The number of likely N-dealkylation sites (N-methyl/N-ethyl adjacent to an activating group) is 2. The number of amides is 2. The van der Waals surface area contributed by atoms with Crippen LogP contribution in [0.4, 0.5) is 0 Å². The van der Waals surface area contributed by atoms with E-state index in [0.29, 0.717) is 6.54 Å². The Kier molecular flexibility index (Phi) is 6.72. The van der Waals surface area contributed by atoms with Gasteiger partial charge < -0.3 is 15.1 Å². The fourth-order valence-electron chi connectivity index (χ4n) is 1.01. The number of nitrogens with one attached hydrogen (secondary N) is 1. The maximum Gasteiger partial charge on any atom is 0.241 e. The molecular formula is C11H23N3O2. The molecule has 0 saturated heterocycles. The molecule has 0 fully saturated rings. The summed E-state index contributed by atoms with van der Waals surface area (Å²) in [4.78, 5) is 26.2. The second kappa shape index (κ2) is 7.22. The summed E-state index contributed by atoms with van der Waals surface area (Å²) >= 11 is 0. The second-order valence-corrected chi connectivity index (χ2v) is 4.19. The Labute approximate surface area is 97.8 Å². The van der Waals surface area contributed by atoms with Crippen LogP contribution in [-0.2, 0) is 9.59 Å². The molecule has 0 unspecified atom stereocenters. The Hall–Kier alpha value is -1.10. The zero-order valence-corrected chi connectivity index (χ0v) is 10.9. The van der Waals surface area contributed by atoms with Crippen LogP contribution in [0.25, 0.3) is 0 Å². The fourth-order valence-corrected chi connectivity index (χ4v) is 1.01. The molecule has 0 saturated carbocycles. The molecule has 0 aliphatic carbocycles. The standard InChI is InChI=1S/C11H23N3O2/c1-6-13(4)11(16)8-14(5)10(15)7-12-9(2)3/h9,12H,6-8H2,1-5H3. The van der Waals surface area contributed by atoms with Gasteiger partial charge in [0.05, 0.1) is 13.1 Å². The average molecular weight is 229 g/mol. The van der Waals surface area contributed by atoms with Crippen LogP contribution in [0.1, 0.15) is 20.8 Å². The normalized spacial score (nSPS) is 10.4. The van der Waals surface area contributed by atoms with Crippen LogP contribution in [0.3, 0.4) is 0 Å². The van der Waals surface area contributed by atoms with Crippen LogP contribution in [-0.4, -0.2) is 61.4 Å². The smallest absolute Gasteiger partial charge is 0.241 e. The van der Waals surface area contributed by atoms with Crippen LogP contribution in [0.15, 0.2) is 0 Å². The van der Waals surface area contributed by atoms with Crippen molar-refractivity contribution < 1.29 is 9.59 Å². The minimum absolute atomic E-state index is 0.0390. The van der Waals surface area contributed by atoms with Gasteiger partial charge in [0.25, 0.3) is 0 Å². The van der Waals surface area contributed by atoms with Crippen molar-refractivity contribution in [3.05, 3.63) is 0 Å². The lowest BCUT2D eigenvalue weighted by atomic mass is 10.3. The molecule has 0 aromatic carbocycles. The lowest BCUT2D eigenvalue weighted by Gasteiger charge is -2.21. The maximum atomic E-state index is 11.6. The predicted molar refractivity (Wildman–Crippen MR) is 64.1 cm³/mol. The van der Waals surface area contributed by atoms with Gasteiger partial charge in [0.1, 0.15) is 0 Å². The molecule has 16 heavy (non-hydrogen) atoms.